The molecule has 0 spiro atoms. The van der Waals surface area contributed by atoms with Crippen LogP contribution in [0.4, 0.5) is 5.69 Å². The Balaban J connectivity index is 2.36. The molecule has 1 aromatic carbocycles. The molecule has 32 heavy (non-hydrogen) atoms. The van der Waals surface area contributed by atoms with E-state index in [-0.39, 0.29) is 17.9 Å². The number of benzene rings is 1. The number of para-hydroxylation sites is 1. The highest BCUT2D eigenvalue weighted by molar-refractivity contribution is 5.93. The number of hydrogen-bond acceptors (Lipinski definition) is 4. The van der Waals surface area contributed by atoms with Crippen molar-refractivity contribution < 1.29 is 14.5 Å². The standard InChI is InChI=1S/C27H37NO4/c1-21(2)11-8-12-22(3)13-9-14-23(4)15-10-16-24(5)19-20-32-27(29)25-17-6-7-18-26(25)28(30)31/h6-7,11,13,15,17-19H,8-10,12,14,16,20H2,1-5H3/b22-13+,23-15+,24-19+. The van der Waals surface area contributed by atoms with Gasteiger partial charge in [0.2, 0.25) is 0 Å². The summed E-state index contributed by atoms with van der Waals surface area (Å²) in [5.74, 6) is -0.679. The Morgan fingerprint density at radius 2 is 1.34 bits per heavy atom. The topological polar surface area (TPSA) is 69.4 Å². The lowest BCUT2D eigenvalue weighted by atomic mass is 10.0. The van der Waals surface area contributed by atoms with Gasteiger partial charge in [-0.3, -0.25) is 10.1 Å². The zero-order valence-electron chi connectivity index (χ0n) is 20.1. The molecule has 0 aliphatic rings. The maximum absolute atomic E-state index is 12.1. The lowest BCUT2D eigenvalue weighted by Gasteiger charge is -2.05. The number of carbonyl (C=O) groups is 1. The number of nitrogens with zero attached hydrogens (tertiary/aromatic N) is 1. The van der Waals surface area contributed by atoms with E-state index in [1.54, 1.807) is 6.07 Å². The Hall–Kier alpha value is -2.95. The van der Waals surface area contributed by atoms with Gasteiger partial charge in [-0.25, -0.2) is 4.79 Å². The van der Waals surface area contributed by atoms with Crippen molar-refractivity contribution in [2.75, 3.05) is 6.61 Å². The number of rotatable bonds is 13. The van der Waals surface area contributed by atoms with Crippen LogP contribution in [0.2, 0.25) is 0 Å². The summed E-state index contributed by atoms with van der Waals surface area (Å²) in [7, 11) is 0. The van der Waals surface area contributed by atoms with Crippen LogP contribution >= 0.6 is 0 Å². The van der Waals surface area contributed by atoms with Crippen molar-refractivity contribution >= 4 is 11.7 Å². The lowest BCUT2D eigenvalue weighted by Crippen LogP contribution is -2.08. The van der Waals surface area contributed by atoms with Gasteiger partial charge in [0.15, 0.2) is 0 Å². The fourth-order valence-electron chi connectivity index (χ4n) is 3.13. The summed E-state index contributed by atoms with van der Waals surface area (Å²) < 4.78 is 5.19. The van der Waals surface area contributed by atoms with Crippen molar-refractivity contribution in [2.45, 2.75) is 73.1 Å². The van der Waals surface area contributed by atoms with Crippen LogP contribution in [0.5, 0.6) is 0 Å². The van der Waals surface area contributed by atoms with Crippen LogP contribution < -0.4 is 0 Å². The molecule has 0 N–H and O–H groups in total. The predicted octanol–water partition coefficient (Wildman–Crippen LogP) is 7.90. The summed E-state index contributed by atoms with van der Waals surface area (Å²) in [5, 5.41) is 11.0. The first-order valence-corrected chi connectivity index (χ1v) is 11.2. The highest BCUT2D eigenvalue weighted by atomic mass is 16.6. The molecule has 0 amide bonds. The third kappa shape index (κ3) is 11.4. The Morgan fingerprint density at radius 3 is 1.88 bits per heavy atom. The van der Waals surface area contributed by atoms with Crippen molar-refractivity contribution in [3.05, 3.63) is 86.5 Å². The van der Waals surface area contributed by atoms with E-state index in [1.807, 2.05) is 13.0 Å². The van der Waals surface area contributed by atoms with Crippen LogP contribution in [-0.4, -0.2) is 17.5 Å². The van der Waals surface area contributed by atoms with E-state index in [2.05, 4.69) is 45.9 Å². The predicted molar refractivity (Wildman–Crippen MR) is 132 cm³/mol. The van der Waals surface area contributed by atoms with E-state index in [0.29, 0.717) is 0 Å². The zero-order valence-corrected chi connectivity index (χ0v) is 20.1. The summed E-state index contributed by atoms with van der Waals surface area (Å²) in [6, 6.07) is 5.82. The second-order valence-corrected chi connectivity index (χ2v) is 8.42. The molecule has 1 rings (SSSR count). The maximum atomic E-state index is 12.1. The molecule has 0 saturated heterocycles. The summed E-state index contributed by atoms with van der Waals surface area (Å²) in [6.45, 7) is 10.7. The second kappa shape index (κ2) is 15.0. The molecule has 0 unspecified atom stereocenters. The normalized spacial score (nSPS) is 12.5. The first kappa shape index (κ1) is 27.1. The molecule has 0 aromatic heterocycles. The fourth-order valence-corrected chi connectivity index (χ4v) is 3.13. The van der Waals surface area contributed by atoms with E-state index in [9.17, 15) is 14.9 Å². The zero-order chi connectivity index (χ0) is 23.9. The van der Waals surface area contributed by atoms with Gasteiger partial charge in [-0.2, -0.15) is 0 Å². The van der Waals surface area contributed by atoms with E-state index in [1.165, 1.54) is 34.9 Å². The van der Waals surface area contributed by atoms with E-state index in [4.69, 9.17) is 4.74 Å². The molecule has 5 heteroatoms. The summed E-state index contributed by atoms with van der Waals surface area (Å²) >= 11 is 0. The Bertz CT molecular complexity index is 887. The number of ether oxygens (including phenoxy) is 1. The summed E-state index contributed by atoms with van der Waals surface area (Å²) in [6.07, 6.45) is 14.9. The van der Waals surface area contributed by atoms with Crippen molar-refractivity contribution in [1.82, 2.24) is 0 Å². The number of esters is 1. The van der Waals surface area contributed by atoms with Gasteiger partial charge < -0.3 is 4.74 Å². The van der Waals surface area contributed by atoms with Gasteiger partial charge in [-0.15, -0.1) is 0 Å². The molecule has 0 atom stereocenters. The van der Waals surface area contributed by atoms with E-state index in [0.717, 1.165) is 44.1 Å². The summed E-state index contributed by atoms with van der Waals surface area (Å²) in [4.78, 5) is 22.6. The average Bonchev–Trinajstić information content (AvgIpc) is 2.73. The first-order chi connectivity index (χ1) is 15.2. The van der Waals surface area contributed by atoms with E-state index >= 15 is 0 Å². The van der Waals surface area contributed by atoms with Crippen molar-refractivity contribution in [3.63, 3.8) is 0 Å². The molecule has 0 bridgehead atoms. The highest BCUT2D eigenvalue weighted by Gasteiger charge is 2.19. The SMILES string of the molecule is CC(C)=CCC/C(C)=C/CC/C(C)=C/CC/C(C)=C/COC(=O)c1ccccc1[N+](=O)[O-]. The number of carbonyl (C=O) groups excluding carboxylic acids is 1. The van der Waals surface area contributed by atoms with Gasteiger partial charge >= 0.3 is 5.97 Å². The molecule has 0 radical (unpaired) electrons. The second-order valence-electron chi connectivity index (χ2n) is 8.42. The molecule has 1 aromatic rings. The first-order valence-electron chi connectivity index (χ1n) is 11.2. The van der Waals surface area contributed by atoms with Crippen LogP contribution in [0.1, 0.15) is 83.5 Å². The highest BCUT2D eigenvalue weighted by Crippen LogP contribution is 2.19. The van der Waals surface area contributed by atoms with Gasteiger partial charge in [0, 0.05) is 6.07 Å². The average molecular weight is 440 g/mol. The maximum Gasteiger partial charge on any atom is 0.345 e. The Kier molecular flexibility index (Phi) is 12.7. The largest absolute Gasteiger partial charge is 0.458 e. The number of allylic oxidation sites excluding steroid dienone is 7. The van der Waals surface area contributed by atoms with Crippen LogP contribution in [0.15, 0.2) is 70.9 Å². The van der Waals surface area contributed by atoms with Crippen LogP contribution in [0.25, 0.3) is 0 Å². The van der Waals surface area contributed by atoms with Crippen LogP contribution in [0.3, 0.4) is 0 Å². The molecule has 0 fully saturated rings. The van der Waals surface area contributed by atoms with Crippen molar-refractivity contribution in [2.24, 2.45) is 0 Å². The monoisotopic (exact) mass is 439 g/mol. The van der Waals surface area contributed by atoms with Crippen LogP contribution in [-0.2, 0) is 4.74 Å². The Labute approximate surface area is 192 Å². The fraction of sp³-hybridized carbons (Fsp3) is 0.444. The number of hydrogen-bond donors (Lipinski definition) is 0. The molecule has 5 nitrogen and oxygen atoms in total. The number of nitro benzene ring substituents is 1. The Morgan fingerprint density at radius 1 is 0.844 bits per heavy atom. The molecule has 0 heterocycles. The summed E-state index contributed by atoms with van der Waals surface area (Å²) in [5.41, 5.74) is 5.07. The smallest absolute Gasteiger partial charge is 0.345 e. The van der Waals surface area contributed by atoms with Gasteiger partial charge in [0.1, 0.15) is 12.2 Å². The molecule has 174 valence electrons. The van der Waals surface area contributed by atoms with Crippen LogP contribution in [0, 0.1) is 10.1 Å². The minimum absolute atomic E-state index is 0.0247. The van der Waals surface area contributed by atoms with E-state index < -0.39 is 10.9 Å². The minimum atomic E-state index is -0.679. The minimum Gasteiger partial charge on any atom is -0.458 e. The third-order valence-electron chi connectivity index (χ3n) is 5.12. The molecular formula is C27H37NO4. The number of nitro groups is 1. The quantitative estimate of drug-likeness (QED) is 0.136. The van der Waals surface area contributed by atoms with Crippen molar-refractivity contribution in [3.8, 4) is 0 Å². The molecule has 0 aliphatic carbocycles. The molecular weight excluding hydrogens is 402 g/mol. The lowest BCUT2D eigenvalue weighted by molar-refractivity contribution is -0.385. The molecule has 0 aliphatic heterocycles. The van der Waals surface area contributed by atoms with Gasteiger partial charge in [0.05, 0.1) is 4.92 Å². The van der Waals surface area contributed by atoms with Gasteiger partial charge in [0.25, 0.3) is 5.69 Å². The third-order valence-corrected chi connectivity index (χ3v) is 5.12. The van der Waals surface area contributed by atoms with Crippen molar-refractivity contribution in [1.29, 1.82) is 0 Å². The van der Waals surface area contributed by atoms with Gasteiger partial charge in [-0.1, -0.05) is 52.7 Å². The van der Waals surface area contributed by atoms with Gasteiger partial charge in [-0.05, 0) is 85.3 Å². The molecule has 0 saturated carbocycles.